The van der Waals surface area contributed by atoms with Crippen LogP contribution in [0.5, 0.6) is 0 Å². The van der Waals surface area contributed by atoms with Gasteiger partial charge in [-0.2, -0.15) is 0 Å². The van der Waals surface area contributed by atoms with Crippen molar-refractivity contribution in [1.82, 2.24) is 5.32 Å². The molecule has 0 saturated carbocycles. The van der Waals surface area contributed by atoms with Crippen molar-refractivity contribution in [3.05, 3.63) is 0 Å². The molecule has 1 saturated heterocycles. The quantitative estimate of drug-likeness (QED) is 0.438. The molecule has 2 heteroatoms. The van der Waals surface area contributed by atoms with Gasteiger partial charge in [0, 0.05) is 14.3 Å². The largest absolute Gasteiger partial charge is 0.356 e. The van der Waals surface area contributed by atoms with Crippen LogP contribution in [0.15, 0.2) is 0 Å². The summed E-state index contributed by atoms with van der Waals surface area (Å²) < 4.78 is 6.93. The molecular formula is C4H7NO. The van der Waals surface area contributed by atoms with Crippen LogP contribution in [0.25, 0.3) is 0 Å². The highest BCUT2D eigenvalue weighted by Crippen LogP contribution is 1.93. The van der Waals surface area contributed by atoms with Gasteiger partial charge in [0.1, 0.15) is 0 Å². The van der Waals surface area contributed by atoms with Crippen LogP contribution >= 0.6 is 0 Å². The second-order valence-electron chi connectivity index (χ2n) is 1.31. The van der Waals surface area contributed by atoms with Gasteiger partial charge in [-0.25, -0.2) is 0 Å². The first kappa shape index (κ1) is 2.61. The lowest BCUT2D eigenvalue weighted by molar-refractivity contribution is -0.119. The second kappa shape index (κ2) is 1.29. The Morgan fingerprint density at radius 2 is 2.83 bits per heavy atom. The number of hydrogen-bond acceptors (Lipinski definition) is 1. The molecule has 6 heavy (non-hydrogen) atoms. The summed E-state index contributed by atoms with van der Waals surface area (Å²) in [6.07, 6.45) is 1.22. The van der Waals surface area contributed by atoms with Gasteiger partial charge in [-0.3, -0.25) is 4.79 Å². The van der Waals surface area contributed by atoms with E-state index in [0.717, 1.165) is 0 Å². The fraction of sp³-hybridized carbons (Fsp3) is 0.750. The molecule has 0 bridgehead atoms. The molecule has 2 nitrogen and oxygen atoms in total. The summed E-state index contributed by atoms with van der Waals surface area (Å²) in [6, 6.07) is 0. The predicted octanol–water partition coefficient (Wildman–Crippen LogP) is -0.104. The third kappa shape index (κ3) is 0.506. The first-order valence-corrected chi connectivity index (χ1v) is 2.00. The van der Waals surface area contributed by atoms with Crippen LogP contribution in [0.3, 0.4) is 0 Å². The molecule has 0 aliphatic carbocycles. The van der Waals surface area contributed by atoms with E-state index < -0.39 is 0 Å². The molecule has 0 radical (unpaired) electrons. The molecule has 0 aromatic rings. The van der Waals surface area contributed by atoms with Crippen molar-refractivity contribution in [2.75, 3.05) is 6.52 Å². The molecule has 1 unspecified atom stereocenters. The normalized spacial score (nSPS) is 35.7. The van der Waals surface area contributed by atoms with Crippen LogP contribution < -0.4 is 5.32 Å². The maximum absolute atomic E-state index is 10.2. The average Bonchev–Trinajstić information content (AvgIpc) is 1.87. The lowest BCUT2D eigenvalue weighted by atomic mass is 10.4. The van der Waals surface area contributed by atoms with Crippen molar-refractivity contribution in [3.63, 3.8) is 0 Å². The number of nitrogens with one attached hydrogen (secondary N) is 1. The molecule has 1 atom stereocenters. The Morgan fingerprint density at radius 3 is 3.00 bits per heavy atom. The van der Waals surface area contributed by atoms with Crippen molar-refractivity contribution >= 4 is 5.91 Å². The van der Waals surface area contributed by atoms with E-state index in [9.17, 15) is 4.79 Å². The highest BCUT2D eigenvalue weighted by molar-refractivity contribution is 5.77. The number of rotatable bonds is 0. The molecule has 0 aromatic heterocycles. The third-order valence-electron chi connectivity index (χ3n) is 0.779. The van der Waals surface area contributed by atoms with E-state index in [4.69, 9.17) is 1.37 Å². The summed E-state index contributed by atoms with van der Waals surface area (Å²) in [4.78, 5) is 10.2. The molecule has 1 fully saturated rings. The summed E-state index contributed by atoms with van der Waals surface area (Å²) in [6.45, 7) is -0.326. The maximum atomic E-state index is 10.2. The summed E-state index contributed by atoms with van der Waals surface area (Å²) in [5.74, 6) is 0.0139. The number of carbonyl (C=O) groups excluding carboxylic acids is 1. The Balaban J connectivity index is 2.40. The fourth-order valence-electron chi connectivity index (χ4n) is 0.461. The molecule has 0 aromatic carbocycles. The van der Waals surface area contributed by atoms with Crippen LogP contribution in [0.4, 0.5) is 0 Å². The average molecular weight is 86.1 g/mol. The summed E-state index contributed by atoms with van der Waals surface area (Å²) in [7, 11) is 0. The van der Waals surface area contributed by atoms with Crippen LogP contribution in [0.2, 0.25) is 0 Å². The molecule has 1 amide bonds. The standard InChI is InChI=1S/C4H7NO/c6-4-2-1-3-5-4/h1-3H2,(H,5,6)/i3D. The monoisotopic (exact) mass is 86.1 g/mol. The van der Waals surface area contributed by atoms with Gasteiger partial charge in [0.15, 0.2) is 0 Å². The van der Waals surface area contributed by atoms with Gasteiger partial charge >= 0.3 is 0 Å². The van der Waals surface area contributed by atoms with E-state index in [1.807, 2.05) is 0 Å². The summed E-state index contributed by atoms with van der Waals surface area (Å²) in [5.41, 5.74) is 0. The molecule has 34 valence electrons. The van der Waals surface area contributed by atoms with Crippen molar-refractivity contribution in [3.8, 4) is 0 Å². The fourth-order valence-corrected chi connectivity index (χ4v) is 0.461. The van der Waals surface area contributed by atoms with Gasteiger partial charge in [-0.15, -0.1) is 0 Å². The zero-order valence-corrected chi connectivity index (χ0v) is 3.40. The first-order valence-electron chi connectivity index (χ1n) is 2.58. The van der Waals surface area contributed by atoms with Gasteiger partial charge in [-0.05, 0) is 6.42 Å². The first-order chi connectivity index (χ1) is 3.29. The van der Waals surface area contributed by atoms with Gasteiger partial charge in [-0.1, -0.05) is 0 Å². The molecule has 0 spiro atoms. The number of carbonyl (C=O) groups is 1. The van der Waals surface area contributed by atoms with Crippen LogP contribution in [0.1, 0.15) is 14.2 Å². The lowest BCUT2D eigenvalue weighted by Crippen LogP contribution is -2.12. The van der Waals surface area contributed by atoms with Gasteiger partial charge in [0.25, 0.3) is 0 Å². The lowest BCUT2D eigenvalue weighted by Gasteiger charge is -1.80. The highest BCUT2D eigenvalue weighted by Gasteiger charge is 2.05. The summed E-state index contributed by atoms with van der Waals surface area (Å²) >= 11 is 0. The SMILES string of the molecule is [2H]C1CCC(=O)N1. The van der Waals surface area contributed by atoms with Crippen LogP contribution in [-0.2, 0) is 4.79 Å². The summed E-state index contributed by atoms with van der Waals surface area (Å²) in [5, 5.41) is 2.44. The number of amides is 1. The van der Waals surface area contributed by atoms with Crippen molar-refractivity contribution in [1.29, 1.82) is 0 Å². The van der Waals surface area contributed by atoms with E-state index >= 15 is 0 Å². The van der Waals surface area contributed by atoms with Crippen LogP contribution in [0, 0.1) is 0 Å². The minimum absolute atomic E-state index is 0.0139. The predicted molar refractivity (Wildman–Crippen MR) is 22.2 cm³/mol. The van der Waals surface area contributed by atoms with Gasteiger partial charge < -0.3 is 5.32 Å². The molecular weight excluding hydrogens is 78.0 g/mol. The van der Waals surface area contributed by atoms with Crippen molar-refractivity contribution in [2.24, 2.45) is 0 Å². The molecule has 1 aliphatic rings. The Labute approximate surface area is 37.9 Å². The van der Waals surface area contributed by atoms with E-state index in [2.05, 4.69) is 5.32 Å². The van der Waals surface area contributed by atoms with Crippen molar-refractivity contribution in [2.45, 2.75) is 12.8 Å². The van der Waals surface area contributed by atoms with E-state index in [0.29, 0.717) is 12.8 Å². The Morgan fingerprint density at radius 1 is 2.00 bits per heavy atom. The second-order valence-corrected chi connectivity index (χ2v) is 1.31. The molecule has 1 aliphatic heterocycles. The molecule has 1 N–H and O–H groups in total. The van der Waals surface area contributed by atoms with Crippen molar-refractivity contribution < 1.29 is 6.17 Å². The molecule has 1 rings (SSSR count). The number of hydrogen-bond donors (Lipinski definition) is 1. The van der Waals surface area contributed by atoms with E-state index in [1.165, 1.54) is 0 Å². The Kier molecular flexibility index (Phi) is 0.560. The zero-order valence-electron chi connectivity index (χ0n) is 4.40. The smallest absolute Gasteiger partial charge is 0.220 e. The zero-order chi connectivity index (χ0) is 5.28. The van der Waals surface area contributed by atoms with Crippen LogP contribution in [-0.4, -0.2) is 12.4 Å². The van der Waals surface area contributed by atoms with Gasteiger partial charge in [0.05, 0.1) is 0 Å². The Bertz CT molecular complexity index is 93.7. The van der Waals surface area contributed by atoms with E-state index in [-0.39, 0.29) is 12.4 Å². The maximum Gasteiger partial charge on any atom is 0.220 e. The molecule has 1 heterocycles. The van der Waals surface area contributed by atoms with Gasteiger partial charge in [0.2, 0.25) is 5.91 Å². The Hall–Kier alpha value is -0.530. The minimum atomic E-state index is -0.326. The van der Waals surface area contributed by atoms with E-state index in [1.54, 1.807) is 0 Å². The topological polar surface area (TPSA) is 29.1 Å². The highest BCUT2D eigenvalue weighted by atomic mass is 16.1. The third-order valence-corrected chi connectivity index (χ3v) is 0.779. The minimum Gasteiger partial charge on any atom is -0.356 e.